The summed E-state index contributed by atoms with van der Waals surface area (Å²) in [6.45, 7) is 2.62. The van der Waals surface area contributed by atoms with E-state index in [-0.39, 0.29) is 36.1 Å². The van der Waals surface area contributed by atoms with Crippen molar-refractivity contribution in [3.8, 4) is 0 Å². The molecule has 0 radical (unpaired) electrons. The second kappa shape index (κ2) is 7.09. The lowest BCUT2D eigenvalue weighted by Crippen LogP contribution is -2.42. The Morgan fingerprint density at radius 3 is 2.50 bits per heavy atom. The SMILES string of the molecule is O=C1N[C@H](CC(=O)N2CCCN(C(=O)C3CCC3)CC2)c2ccccc21. The molecule has 6 nitrogen and oxygen atoms in total. The zero-order chi connectivity index (χ0) is 18.1. The minimum Gasteiger partial charge on any atom is -0.345 e. The van der Waals surface area contributed by atoms with Crippen LogP contribution in [0, 0.1) is 5.92 Å². The molecule has 0 aromatic heterocycles. The Balaban J connectivity index is 1.35. The van der Waals surface area contributed by atoms with Crippen LogP contribution in [0.3, 0.4) is 0 Å². The van der Waals surface area contributed by atoms with Gasteiger partial charge in [-0.3, -0.25) is 14.4 Å². The van der Waals surface area contributed by atoms with Crippen molar-refractivity contribution in [3.05, 3.63) is 35.4 Å². The van der Waals surface area contributed by atoms with E-state index in [0.717, 1.165) is 37.8 Å². The van der Waals surface area contributed by atoms with Gasteiger partial charge in [-0.2, -0.15) is 0 Å². The number of nitrogens with zero attached hydrogens (tertiary/aromatic N) is 2. The number of benzene rings is 1. The largest absolute Gasteiger partial charge is 0.345 e. The van der Waals surface area contributed by atoms with Gasteiger partial charge in [0.05, 0.1) is 12.5 Å². The maximum Gasteiger partial charge on any atom is 0.252 e. The number of hydrogen-bond donors (Lipinski definition) is 1. The van der Waals surface area contributed by atoms with Crippen molar-refractivity contribution in [2.75, 3.05) is 26.2 Å². The molecule has 1 aromatic rings. The highest BCUT2D eigenvalue weighted by molar-refractivity contribution is 5.99. The minimum absolute atomic E-state index is 0.0462. The maximum atomic E-state index is 12.8. The molecule has 1 aliphatic carbocycles. The Kier molecular flexibility index (Phi) is 4.66. The van der Waals surface area contributed by atoms with E-state index in [2.05, 4.69) is 5.32 Å². The first-order chi connectivity index (χ1) is 12.6. The van der Waals surface area contributed by atoms with E-state index in [0.29, 0.717) is 25.2 Å². The first-order valence-corrected chi connectivity index (χ1v) is 9.60. The molecule has 3 aliphatic rings. The highest BCUT2D eigenvalue weighted by Gasteiger charge is 2.33. The lowest BCUT2D eigenvalue weighted by atomic mass is 9.84. The third kappa shape index (κ3) is 3.20. The van der Waals surface area contributed by atoms with E-state index < -0.39 is 0 Å². The Bertz CT molecular complexity index is 729. The fraction of sp³-hybridized carbons (Fsp3) is 0.550. The summed E-state index contributed by atoms with van der Waals surface area (Å²) in [4.78, 5) is 41.0. The van der Waals surface area contributed by atoms with Gasteiger partial charge in [-0.05, 0) is 30.9 Å². The molecule has 138 valence electrons. The standard InChI is InChI=1S/C20H25N3O3/c24-18(13-17-15-7-1-2-8-16(15)19(25)21-17)22-9-4-10-23(12-11-22)20(26)14-5-3-6-14/h1-2,7-8,14,17H,3-6,9-13H2,(H,21,25)/t17-/m1/s1. The Morgan fingerprint density at radius 2 is 1.73 bits per heavy atom. The van der Waals surface area contributed by atoms with Gasteiger partial charge in [0.15, 0.2) is 0 Å². The highest BCUT2D eigenvalue weighted by atomic mass is 16.2. The molecule has 26 heavy (non-hydrogen) atoms. The summed E-state index contributed by atoms with van der Waals surface area (Å²) in [5.41, 5.74) is 1.57. The van der Waals surface area contributed by atoms with Crippen LogP contribution in [0.4, 0.5) is 0 Å². The molecule has 1 aromatic carbocycles. The smallest absolute Gasteiger partial charge is 0.252 e. The molecule has 1 saturated heterocycles. The van der Waals surface area contributed by atoms with Crippen LogP contribution in [0.5, 0.6) is 0 Å². The predicted molar refractivity (Wildman–Crippen MR) is 96.4 cm³/mol. The molecule has 4 rings (SSSR count). The number of nitrogens with one attached hydrogen (secondary N) is 1. The number of rotatable bonds is 3. The van der Waals surface area contributed by atoms with Crippen LogP contribution in [0.25, 0.3) is 0 Å². The molecular formula is C20H25N3O3. The monoisotopic (exact) mass is 355 g/mol. The molecule has 2 heterocycles. The van der Waals surface area contributed by atoms with E-state index in [1.54, 1.807) is 6.07 Å². The second-order valence-corrected chi connectivity index (χ2v) is 7.50. The van der Waals surface area contributed by atoms with Crippen LogP contribution in [0.15, 0.2) is 24.3 Å². The number of fused-ring (bicyclic) bond motifs is 1. The van der Waals surface area contributed by atoms with Crippen molar-refractivity contribution in [3.63, 3.8) is 0 Å². The van der Waals surface area contributed by atoms with E-state index in [9.17, 15) is 14.4 Å². The highest BCUT2D eigenvalue weighted by Crippen LogP contribution is 2.29. The van der Waals surface area contributed by atoms with Gasteiger partial charge in [-0.25, -0.2) is 0 Å². The van der Waals surface area contributed by atoms with Gasteiger partial charge in [-0.15, -0.1) is 0 Å². The molecular weight excluding hydrogens is 330 g/mol. The number of carbonyl (C=O) groups is 3. The van der Waals surface area contributed by atoms with Crippen molar-refractivity contribution in [2.45, 2.75) is 38.1 Å². The van der Waals surface area contributed by atoms with Crippen LogP contribution in [-0.4, -0.2) is 53.7 Å². The third-order valence-corrected chi connectivity index (χ3v) is 5.88. The van der Waals surface area contributed by atoms with E-state index in [1.807, 2.05) is 28.0 Å². The predicted octanol–water partition coefficient (Wildman–Crippen LogP) is 1.72. The summed E-state index contributed by atoms with van der Waals surface area (Å²) < 4.78 is 0. The summed E-state index contributed by atoms with van der Waals surface area (Å²) in [6, 6.07) is 7.19. The van der Waals surface area contributed by atoms with Gasteiger partial charge in [0, 0.05) is 37.7 Å². The molecule has 0 unspecified atom stereocenters. The molecule has 1 saturated carbocycles. The minimum atomic E-state index is -0.248. The summed E-state index contributed by atoms with van der Waals surface area (Å²) in [7, 11) is 0. The zero-order valence-electron chi connectivity index (χ0n) is 14.9. The van der Waals surface area contributed by atoms with Crippen LogP contribution in [0.2, 0.25) is 0 Å². The zero-order valence-corrected chi connectivity index (χ0v) is 14.9. The Labute approximate surface area is 153 Å². The normalized spacial score (nSPS) is 23.1. The van der Waals surface area contributed by atoms with Crippen LogP contribution >= 0.6 is 0 Å². The van der Waals surface area contributed by atoms with Gasteiger partial charge in [0.25, 0.3) is 5.91 Å². The van der Waals surface area contributed by atoms with Crippen molar-refractivity contribution in [1.82, 2.24) is 15.1 Å². The maximum absolute atomic E-state index is 12.8. The topological polar surface area (TPSA) is 69.7 Å². The van der Waals surface area contributed by atoms with Crippen molar-refractivity contribution in [1.29, 1.82) is 0 Å². The molecule has 0 spiro atoms. The van der Waals surface area contributed by atoms with E-state index in [4.69, 9.17) is 0 Å². The van der Waals surface area contributed by atoms with Gasteiger partial charge in [0.1, 0.15) is 0 Å². The summed E-state index contributed by atoms with van der Waals surface area (Å²) in [6.07, 6.45) is 4.28. The first kappa shape index (κ1) is 17.1. The molecule has 2 aliphatic heterocycles. The van der Waals surface area contributed by atoms with Gasteiger partial charge in [-0.1, -0.05) is 24.6 Å². The summed E-state index contributed by atoms with van der Waals surface area (Å²) >= 11 is 0. The fourth-order valence-electron chi connectivity index (χ4n) is 4.09. The summed E-state index contributed by atoms with van der Waals surface area (Å²) in [5.74, 6) is 0.418. The number of amides is 3. The van der Waals surface area contributed by atoms with Crippen LogP contribution in [0.1, 0.15) is 54.1 Å². The van der Waals surface area contributed by atoms with Gasteiger partial charge >= 0.3 is 0 Å². The average Bonchev–Trinajstić information content (AvgIpc) is 2.77. The molecule has 2 fully saturated rings. The molecule has 0 bridgehead atoms. The van der Waals surface area contributed by atoms with E-state index >= 15 is 0 Å². The third-order valence-electron chi connectivity index (χ3n) is 5.88. The quantitative estimate of drug-likeness (QED) is 0.898. The molecule has 6 heteroatoms. The van der Waals surface area contributed by atoms with Crippen LogP contribution < -0.4 is 5.32 Å². The van der Waals surface area contributed by atoms with Gasteiger partial charge < -0.3 is 15.1 Å². The Morgan fingerprint density at radius 1 is 1.00 bits per heavy atom. The van der Waals surface area contributed by atoms with Crippen molar-refractivity contribution >= 4 is 17.7 Å². The second-order valence-electron chi connectivity index (χ2n) is 7.50. The number of carbonyl (C=O) groups excluding carboxylic acids is 3. The Hall–Kier alpha value is -2.37. The lowest BCUT2D eigenvalue weighted by molar-refractivity contribution is -0.138. The molecule has 1 N–H and O–H groups in total. The summed E-state index contributed by atoms with van der Waals surface area (Å²) in [5, 5.41) is 2.91. The average molecular weight is 355 g/mol. The van der Waals surface area contributed by atoms with Crippen LogP contribution in [-0.2, 0) is 9.59 Å². The lowest BCUT2D eigenvalue weighted by Gasteiger charge is -2.31. The van der Waals surface area contributed by atoms with Crippen molar-refractivity contribution in [2.24, 2.45) is 5.92 Å². The van der Waals surface area contributed by atoms with Gasteiger partial charge in [0.2, 0.25) is 11.8 Å². The molecule has 1 atom stereocenters. The first-order valence-electron chi connectivity index (χ1n) is 9.60. The van der Waals surface area contributed by atoms with E-state index in [1.165, 1.54) is 0 Å². The molecule has 3 amide bonds. The van der Waals surface area contributed by atoms with Crippen molar-refractivity contribution < 1.29 is 14.4 Å². The fourth-order valence-corrected chi connectivity index (χ4v) is 4.09. The number of hydrogen-bond acceptors (Lipinski definition) is 3.